The minimum atomic E-state index is -3.97. The number of fused-ring (bicyclic) bond motifs is 1. The number of hydrogen-bond acceptors (Lipinski definition) is 6. The second kappa shape index (κ2) is 6.17. The molecule has 0 bridgehead atoms. The van der Waals surface area contributed by atoms with Gasteiger partial charge in [0.15, 0.2) is 0 Å². The zero-order valence-electron chi connectivity index (χ0n) is 12.0. The van der Waals surface area contributed by atoms with E-state index in [1.54, 1.807) is 36.7 Å². The van der Waals surface area contributed by atoms with E-state index in [-0.39, 0.29) is 11.3 Å². The fourth-order valence-electron chi connectivity index (χ4n) is 2.13. The maximum atomic E-state index is 12.3. The summed E-state index contributed by atoms with van der Waals surface area (Å²) in [6.07, 6.45) is 6.05. The monoisotopic (exact) mass is 331 g/mol. The molecule has 3 rings (SSSR count). The Hall–Kier alpha value is -2.74. The number of hydrogen-bond donors (Lipinski definition) is 1. The molecule has 1 amide bonds. The molecule has 2 heterocycles. The molecule has 0 aliphatic carbocycles. The predicted molar refractivity (Wildman–Crippen MR) is 81.9 cm³/mol. The Morgan fingerprint density at radius 3 is 2.70 bits per heavy atom. The molecule has 0 aliphatic rings. The van der Waals surface area contributed by atoms with Gasteiger partial charge in [0.05, 0.1) is 0 Å². The van der Waals surface area contributed by atoms with Crippen molar-refractivity contribution in [2.75, 3.05) is 0 Å². The van der Waals surface area contributed by atoms with Crippen molar-refractivity contribution in [2.45, 2.75) is 17.7 Å². The Labute approximate surface area is 132 Å². The number of furan rings is 1. The van der Waals surface area contributed by atoms with Gasteiger partial charge in [-0.05, 0) is 24.1 Å². The van der Waals surface area contributed by atoms with Gasteiger partial charge in [-0.1, -0.05) is 12.1 Å². The number of nitrogens with one attached hydrogen (secondary N) is 1. The van der Waals surface area contributed by atoms with Gasteiger partial charge in [0.1, 0.15) is 23.1 Å². The van der Waals surface area contributed by atoms with E-state index in [2.05, 4.69) is 14.7 Å². The van der Waals surface area contributed by atoms with Gasteiger partial charge in [0, 0.05) is 24.2 Å². The molecule has 23 heavy (non-hydrogen) atoms. The first-order chi connectivity index (χ1) is 11.1. The van der Waals surface area contributed by atoms with Crippen molar-refractivity contribution in [1.29, 1.82) is 0 Å². The molecule has 0 saturated heterocycles. The lowest BCUT2D eigenvalue weighted by Crippen LogP contribution is -2.30. The third kappa shape index (κ3) is 3.37. The molecule has 0 radical (unpaired) electrons. The summed E-state index contributed by atoms with van der Waals surface area (Å²) >= 11 is 0. The topological polar surface area (TPSA) is 102 Å². The van der Waals surface area contributed by atoms with Crippen molar-refractivity contribution in [3.8, 4) is 0 Å². The molecule has 3 aromatic rings. The van der Waals surface area contributed by atoms with Gasteiger partial charge in [0.2, 0.25) is 5.91 Å². The molecule has 0 aliphatic heterocycles. The van der Waals surface area contributed by atoms with Crippen molar-refractivity contribution < 1.29 is 17.6 Å². The van der Waals surface area contributed by atoms with Gasteiger partial charge in [-0.2, -0.15) is 0 Å². The number of sulfonamides is 1. The Balaban J connectivity index is 1.72. The number of carbonyl (C=O) groups is 1. The van der Waals surface area contributed by atoms with E-state index in [4.69, 9.17) is 4.42 Å². The molecule has 0 saturated carbocycles. The number of nitrogens with zero attached hydrogens (tertiary/aromatic N) is 2. The van der Waals surface area contributed by atoms with E-state index >= 15 is 0 Å². The van der Waals surface area contributed by atoms with E-state index in [1.807, 2.05) is 0 Å². The number of aryl methyl sites for hydroxylation is 1. The van der Waals surface area contributed by atoms with Crippen LogP contribution in [-0.4, -0.2) is 24.3 Å². The molecule has 0 spiro atoms. The van der Waals surface area contributed by atoms with Gasteiger partial charge in [-0.15, -0.1) is 0 Å². The number of carbonyl (C=O) groups excluding carboxylic acids is 1. The van der Waals surface area contributed by atoms with Crippen LogP contribution in [0.25, 0.3) is 11.0 Å². The summed E-state index contributed by atoms with van der Waals surface area (Å²) in [5, 5.41) is 0.434. The highest BCUT2D eigenvalue weighted by Crippen LogP contribution is 2.24. The molecule has 8 heteroatoms. The van der Waals surface area contributed by atoms with Crippen LogP contribution in [0.15, 0.2) is 58.6 Å². The average Bonchev–Trinajstić information content (AvgIpc) is 2.98. The SMILES string of the molecule is O=C(CCc1cncnc1)NS(=O)(=O)c1coc2ccccc12. The van der Waals surface area contributed by atoms with E-state index < -0.39 is 15.9 Å². The summed E-state index contributed by atoms with van der Waals surface area (Å²) in [7, 11) is -3.97. The largest absolute Gasteiger partial charge is 0.463 e. The van der Waals surface area contributed by atoms with Crippen LogP contribution in [0.2, 0.25) is 0 Å². The zero-order chi connectivity index (χ0) is 16.3. The van der Waals surface area contributed by atoms with Crippen LogP contribution in [0.5, 0.6) is 0 Å². The third-order valence-electron chi connectivity index (χ3n) is 3.24. The molecule has 1 aromatic carbocycles. The number of amides is 1. The number of benzene rings is 1. The standard InChI is InChI=1S/C15H13N3O4S/c19-15(6-5-11-7-16-10-17-8-11)18-23(20,21)14-9-22-13-4-2-1-3-12(13)14/h1-4,7-10H,5-6H2,(H,18,19). The molecule has 7 nitrogen and oxygen atoms in total. The number of aromatic nitrogens is 2. The number of para-hydroxylation sites is 1. The van der Waals surface area contributed by atoms with Crippen molar-refractivity contribution in [3.05, 3.63) is 54.8 Å². The van der Waals surface area contributed by atoms with E-state index in [0.29, 0.717) is 17.4 Å². The molecule has 118 valence electrons. The Morgan fingerprint density at radius 2 is 1.91 bits per heavy atom. The van der Waals surface area contributed by atoms with Gasteiger partial charge < -0.3 is 4.42 Å². The third-order valence-corrected chi connectivity index (χ3v) is 4.63. The van der Waals surface area contributed by atoms with Crippen molar-refractivity contribution in [2.24, 2.45) is 0 Å². The van der Waals surface area contributed by atoms with Crippen LogP contribution >= 0.6 is 0 Å². The van der Waals surface area contributed by atoms with Crippen molar-refractivity contribution in [1.82, 2.24) is 14.7 Å². The van der Waals surface area contributed by atoms with Crippen molar-refractivity contribution >= 4 is 26.9 Å². The molecule has 1 N–H and O–H groups in total. The highest BCUT2D eigenvalue weighted by Gasteiger charge is 2.22. The minimum Gasteiger partial charge on any atom is -0.463 e. The summed E-state index contributed by atoms with van der Waals surface area (Å²) in [6, 6.07) is 6.72. The van der Waals surface area contributed by atoms with Crippen LogP contribution in [0.1, 0.15) is 12.0 Å². The van der Waals surface area contributed by atoms with Crippen LogP contribution in [0.4, 0.5) is 0 Å². The zero-order valence-corrected chi connectivity index (χ0v) is 12.8. The summed E-state index contributed by atoms with van der Waals surface area (Å²) in [5.74, 6) is -0.598. The maximum Gasteiger partial charge on any atom is 0.267 e. The molecule has 2 aromatic heterocycles. The van der Waals surface area contributed by atoms with E-state index in [1.165, 1.54) is 6.33 Å². The summed E-state index contributed by atoms with van der Waals surface area (Å²) in [4.78, 5) is 19.5. The molecular weight excluding hydrogens is 318 g/mol. The number of rotatable bonds is 5. The lowest BCUT2D eigenvalue weighted by Gasteiger charge is -2.05. The maximum absolute atomic E-state index is 12.3. The highest BCUT2D eigenvalue weighted by atomic mass is 32.2. The first-order valence-corrected chi connectivity index (χ1v) is 8.30. The second-order valence-electron chi connectivity index (χ2n) is 4.87. The Kier molecular flexibility index (Phi) is 4.07. The second-order valence-corrected chi connectivity index (χ2v) is 6.52. The van der Waals surface area contributed by atoms with Crippen LogP contribution in [0.3, 0.4) is 0 Å². The lowest BCUT2D eigenvalue weighted by atomic mass is 10.2. The van der Waals surface area contributed by atoms with E-state index in [9.17, 15) is 13.2 Å². The minimum absolute atomic E-state index is 0.0163. The quantitative estimate of drug-likeness (QED) is 0.763. The molecule has 0 fully saturated rings. The van der Waals surface area contributed by atoms with Crippen molar-refractivity contribution in [3.63, 3.8) is 0 Å². The molecule has 0 unspecified atom stereocenters. The van der Waals surface area contributed by atoms with Gasteiger partial charge in [0.25, 0.3) is 10.0 Å². The van der Waals surface area contributed by atoms with Crippen LogP contribution < -0.4 is 4.72 Å². The average molecular weight is 331 g/mol. The molecule has 0 atom stereocenters. The predicted octanol–water partition coefficient (Wildman–Crippen LogP) is 1.66. The van der Waals surface area contributed by atoms with Crippen LogP contribution in [-0.2, 0) is 21.2 Å². The Bertz CT molecular complexity index is 936. The smallest absolute Gasteiger partial charge is 0.267 e. The fourth-order valence-corrected chi connectivity index (χ4v) is 3.28. The Morgan fingerprint density at radius 1 is 1.17 bits per heavy atom. The normalized spacial score (nSPS) is 11.5. The summed E-state index contributed by atoms with van der Waals surface area (Å²) in [5.41, 5.74) is 1.20. The summed E-state index contributed by atoms with van der Waals surface area (Å²) < 4.78 is 31.9. The van der Waals surface area contributed by atoms with Gasteiger partial charge >= 0.3 is 0 Å². The van der Waals surface area contributed by atoms with Gasteiger partial charge in [-0.3, -0.25) is 4.79 Å². The fraction of sp³-hybridized carbons (Fsp3) is 0.133. The molecular formula is C15H13N3O4S. The van der Waals surface area contributed by atoms with E-state index in [0.717, 1.165) is 11.8 Å². The first-order valence-electron chi connectivity index (χ1n) is 6.82. The first kappa shape index (κ1) is 15.2. The van der Waals surface area contributed by atoms with Crippen LogP contribution in [0, 0.1) is 0 Å². The lowest BCUT2D eigenvalue weighted by molar-refractivity contribution is -0.119. The highest BCUT2D eigenvalue weighted by molar-refractivity contribution is 7.90. The summed E-state index contributed by atoms with van der Waals surface area (Å²) in [6.45, 7) is 0. The van der Waals surface area contributed by atoms with Gasteiger partial charge in [-0.25, -0.2) is 23.1 Å².